The zero-order valence-corrected chi connectivity index (χ0v) is 17.6. The Morgan fingerprint density at radius 3 is 2.23 bits per heavy atom. The number of carbonyl (C=O) groups excluding carboxylic acids is 1. The Labute approximate surface area is 178 Å². The number of likely N-dealkylation sites (tertiary alicyclic amines) is 1. The maximum Gasteiger partial charge on any atom is 0.573 e. The van der Waals surface area contributed by atoms with E-state index in [1.807, 2.05) is 32.9 Å². The summed E-state index contributed by atoms with van der Waals surface area (Å²) in [6, 6.07) is 8.88. The Morgan fingerprint density at radius 1 is 1.03 bits per heavy atom. The van der Waals surface area contributed by atoms with Crippen LogP contribution in [-0.2, 0) is 4.74 Å². The number of amides is 1. The molecular formula is C22H25F3N2O4. The number of benzene rings is 1. The molecule has 1 fully saturated rings. The van der Waals surface area contributed by atoms with Gasteiger partial charge in [0.1, 0.15) is 17.1 Å². The number of nitrogens with zero attached hydrogens (tertiary/aromatic N) is 2. The summed E-state index contributed by atoms with van der Waals surface area (Å²) in [5.41, 5.74) is 0.348. The highest BCUT2D eigenvalue weighted by atomic mass is 19.4. The van der Waals surface area contributed by atoms with Crippen LogP contribution in [0.5, 0.6) is 17.4 Å². The highest BCUT2D eigenvalue weighted by Crippen LogP contribution is 2.35. The normalized spacial score (nSPS) is 15.5. The molecule has 0 saturated carbocycles. The molecule has 1 aromatic carbocycles. The van der Waals surface area contributed by atoms with Crippen LogP contribution in [0.4, 0.5) is 18.0 Å². The maximum absolute atomic E-state index is 12.3. The minimum atomic E-state index is -4.75. The summed E-state index contributed by atoms with van der Waals surface area (Å²) in [5.74, 6) is 0.550. The van der Waals surface area contributed by atoms with E-state index < -0.39 is 12.0 Å². The number of alkyl halides is 3. The van der Waals surface area contributed by atoms with Crippen molar-refractivity contribution in [3.8, 4) is 17.4 Å². The van der Waals surface area contributed by atoms with E-state index in [9.17, 15) is 18.0 Å². The van der Waals surface area contributed by atoms with Gasteiger partial charge >= 0.3 is 12.5 Å². The molecule has 0 N–H and O–H groups in total. The van der Waals surface area contributed by atoms with Crippen LogP contribution < -0.4 is 9.47 Å². The van der Waals surface area contributed by atoms with Crippen LogP contribution in [-0.4, -0.2) is 41.0 Å². The molecule has 6 nitrogen and oxygen atoms in total. The van der Waals surface area contributed by atoms with Gasteiger partial charge in [0, 0.05) is 24.8 Å². The first-order valence-electron chi connectivity index (χ1n) is 9.97. The number of piperidine rings is 1. The predicted octanol–water partition coefficient (Wildman–Crippen LogP) is 5.89. The van der Waals surface area contributed by atoms with Crippen LogP contribution in [0.1, 0.15) is 45.1 Å². The van der Waals surface area contributed by atoms with E-state index in [4.69, 9.17) is 9.47 Å². The summed E-state index contributed by atoms with van der Waals surface area (Å²) in [6.07, 6.45) is -2.03. The van der Waals surface area contributed by atoms with Crippen molar-refractivity contribution < 1.29 is 32.2 Å². The zero-order valence-electron chi connectivity index (χ0n) is 17.6. The van der Waals surface area contributed by atoms with Gasteiger partial charge in [-0.15, -0.1) is 13.2 Å². The largest absolute Gasteiger partial charge is 0.573 e. The Hall–Kier alpha value is -2.97. The molecule has 3 rings (SSSR count). The smallest absolute Gasteiger partial charge is 0.444 e. The van der Waals surface area contributed by atoms with E-state index in [0.29, 0.717) is 24.7 Å². The van der Waals surface area contributed by atoms with Gasteiger partial charge in [-0.05, 0) is 69.9 Å². The van der Waals surface area contributed by atoms with Crippen molar-refractivity contribution in [1.82, 2.24) is 9.88 Å². The third-order valence-electron chi connectivity index (χ3n) is 4.66. The lowest BCUT2D eigenvalue weighted by Gasteiger charge is -2.33. The predicted molar refractivity (Wildman–Crippen MR) is 107 cm³/mol. The van der Waals surface area contributed by atoms with Crippen molar-refractivity contribution in [3.63, 3.8) is 0 Å². The van der Waals surface area contributed by atoms with Crippen LogP contribution in [0, 0.1) is 0 Å². The number of halogens is 3. The van der Waals surface area contributed by atoms with Gasteiger partial charge in [-0.25, -0.2) is 9.78 Å². The summed E-state index contributed by atoms with van der Waals surface area (Å²) in [6.45, 7) is 6.60. The third-order valence-corrected chi connectivity index (χ3v) is 4.66. The molecular weight excluding hydrogens is 413 g/mol. The molecule has 1 saturated heterocycles. The molecule has 1 aliphatic heterocycles. The highest BCUT2D eigenvalue weighted by molar-refractivity contribution is 5.68. The number of aromatic nitrogens is 1. The van der Waals surface area contributed by atoms with Crippen molar-refractivity contribution >= 4 is 6.09 Å². The summed E-state index contributed by atoms with van der Waals surface area (Å²) in [5, 5.41) is 0. The fraction of sp³-hybridized carbons (Fsp3) is 0.455. The second-order valence-electron chi connectivity index (χ2n) is 8.26. The van der Waals surface area contributed by atoms with Crippen molar-refractivity contribution in [3.05, 3.63) is 48.2 Å². The van der Waals surface area contributed by atoms with Gasteiger partial charge in [0.25, 0.3) is 0 Å². The van der Waals surface area contributed by atoms with Crippen LogP contribution in [0.15, 0.2) is 42.6 Å². The van der Waals surface area contributed by atoms with E-state index in [1.165, 1.54) is 24.3 Å². The molecule has 2 aromatic rings. The van der Waals surface area contributed by atoms with Crippen molar-refractivity contribution in [1.29, 1.82) is 0 Å². The molecule has 0 bridgehead atoms. The van der Waals surface area contributed by atoms with Gasteiger partial charge in [-0.1, -0.05) is 6.07 Å². The monoisotopic (exact) mass is 438 g/mol. The quantitative estimate of drug-likeness (QED) is 0.596. The molecule has 0 atom stereocenters. The van der Waals surface area contributed by atoms with Gasteiger partial charge in [0.2, 0.25) is 5.88 Å². The molecule has 1 amide bonds. The summed E-state index contributed by atoms with van der Waals surface area (Å²) < 4.78 is 52.1. The number of hydrogen-bond donors (Lipinski definition) is 0. The second-order valence-corrected chi connectivity index (χ2v) is 8.26. The van der Waals surface area contributed by atoms with E-state index in [-0.39, 0.29) is 17.8 Å². The van der Waals surface area contributed by atoms with Crippen molar-refractivity contribution in [2.24, 2.45) is 0 Å². The fourth-order valence-electron chi connectivity index (χ4n) is 3.32. The van der Waals surface area contributed by atoms with E-state index in [1.54, 1.807) is 11.1 Å². The molecule has 31 heavy (non-hydrogen) atoms. The lowest BCUT2D eigenvalue weighted by Crippen LogP contribution is -2.41. The SMILES string of the molecule is CC(C)(C)OC(=O)N1CCC(c2cccnc2Oc2ccc(OC(F)(F)F)cc2)CC1. The highest BCUT2D eigenvalue weighted by Gasteiger charge is 2.31. The number of carbonyl (C=O) groups is 1. The van der Waals surface area contributed by atoms with Gasteiger partial charge in [0.15, 0.2) is 0 Å². The van der Waals surface area contributed by atoms with E-state index in [2.05, 4.69) is 9.72 Å². The zero-order chi connectivity index (χ0) is 22.6. The molecule has 168 valence electrons. The van der Waals surface area contributed by atoms with Crippen molar-refractivity contribution in [2.75, 3.05) is 13.1 Å². The summed E-state index contributed by atoms with van der Waals surface area (Å²) in [7, 11) is 0. The molecule has 0 spiro atoms. The van der Waals surface area contributed by atoms with Crippen molar-refractivity contribution in [2.45, 2.75) is 51.5 Å². The molecule has 1 aromatic heterocycles. The third kappa shape index (κ3) is 6.77. The summed E-state index contributed by atoms with van der Waals surface area (Å²) in [4.78, 5) is 18.3. The second kappa shape index (κ2) is 9.03. The van der Waals surface area contributed by atoms with Gasteiger partial charge in [-0.3, -0.25) is 0 Å². The molecule has 0 radical (unpaired) electrons. The molecule has 1 aliphatic rings. The first-order valence-corrected chi connectivity index (χ1v) is 9.97. The Bertz CT molecular complexity index is 887. The molecule has 0 aliphatic carbocycles. The van der Waals surface area contributed by atoms with Crippen LogP contribution in [0.3, 0.4) is 0 Å². The van der Waals surface area contributed by atoms with Crippen LogP contribution in [0.25, 0.3) is 0 Å². The first-order chi connectivity index (χ1) is 14.5. The standard InChI is InChI=1S/C22H25F3N2O4/c1-21(2,3)31-20(28)27-13-10-15(11-14-27)18-5-4-12-26-19(18)29-16-6-8-17(9-7-16)30-22(23,24)25/h4-9,12,15H,10-11,13-14H2,1-3H3. The van der Waals surface area contributed by atoms with Gasteiger partial charge in [-0.2, -0.15) is 0 Å². The summed E-state index contributed by atoms with van der Waals surface area (Å²) >= 11 is 0. The lowest BCUT2D eigenvalue weighted by atomic mass is 9.90. The molecule has 2 heterocycles. The molecule has 0 unspecified atom stereocenters. The fourth-order valence-corrected chi connectivity index (χ4v) is 3.32. The number of ether oxygens (including phenoxy) is 3. The van der Waals surface area contributed by atoms with Gasteiger partial charge in [0.05, 0.1) is 0 Å². The number of rotatable bonds is 4. The molecule has 9 heteroatoms. The number of pyridine rings is 1. The Kier molecular flexibility index (Phi) is 6.62. The lowest BCUT2D eigenvalue weighted by molar-refractivity contribution is -0.274. The van der Waals surface area contributed by atoms with Crippen LogP contribution >= 0.6 is 0 Å². The first kappa shape index (κ1) is 22.7. The van der Waals surface area contributed by atoms with Crippen LogP contribution in [0.2, 0.25) is 0 Å². The van der Waals surface area contributed by atoms with E-state index in [0.717, 1.165) is 18.4 Å². The average molecular weight is 438 g/mol. The van der Waals surface area contributed by atoms with Gasteiger partial charge < -0.3 is 19.1 Å². The minimum Gasteiger partial charge on any atom is -0.444 e. The van der Waals surface area contributed by atoms with E-state index >= 15 is 0 Å². The maximum atomic E-state index is 12.3. The minimum absolute atomic E-state index is 0.134. The average Bonchev–Trinajstić information content (AvgIpc) is 2.68. The number of hydrogen-bond acceptors (Lipinski definition) is 5. The Balaban J connectivity index is 1.64. The topological polar surface area (TPSA) is 60.9 Å². The Morgan fingerprint density at radius 2 is 1.65 bits per heavy atom.